The van der Waals surface area contributed by atoms with Gasteiger partial charge in [-0.2, -0.15) is 0 Å². The molecular formula is C86H84N4O4. The topological polar surface area (TPSA) is 69.2 Å². The lowest BCUT2D eigenvalue weighted by molar-refractivity contribution is 0.122. The van der Waals surface area contributed by atoms with Crippen molar-refractivity contribution in [2.75, 3.05) is 62.4 Å². The van der Waals surface area contributed by atoms with Gasteiger partial charge >= 0.3 is 0 Å². The molecular weight excluding hydrogens is 1150 g/mol. The molecule has 472 valence electrons. The van der Waals surface area contributed by atoms with E-state index in [1.54, 1.807) is 11.1 Å². The summed E-state index contributed by atoms with van der Waals surface area (Å²) in [5.41, 5.74) is 18.1. The molecule has 4 aliphatic heterocycles. The molecule has 8 heteroatoms. The number of benzene rings is 7. The molecule has 9 aromatic rings. The minimum atomic E-state index is -0.985. The standard InChI is InChI=1S/C86H84N4O4/c1-2-14-56-50-83(49-55(56)13-1)73-23-11-9-21-69(73)77-65-17-5-7-19-67(65)81-71(79(77)83)37-39-85(93-81,59-25-31-63(32-26-59)89-41-45-91-46-42-89)61-29-35-75(87-53-61)76-36-30-62(54-88-76)86(60-27-33-64(34-28-60)90-43-47-92-48-44-90)40-38-72-80-78(66-18-6-8-20-68(66)82(72)94-86)70-22-10-12-24-74(70)84(80)51-57-15-3-4-16-58(57)52-84/h5-9,11,17-21,23,25-40,53-58,70,74H,1-4,10,12-16,22,24,41-52H2/t55-,56?,57+,58?,70?,74?,83?,84?,85?,86?/m0/s1. The molecule has 6 heterocycles. The smallest absolute Gasteiger partial charge is 0.179 e. The van der Waals surface area contributed by atoms with E-state index >= 15 is 0 Å². The van der Waals surface area contributed by atoms with Gasteiger partial charge in [-0.25, -0.2) is 0 Å². The Balaban J connectivity index is 0.698. The third-order valence-corrected chi connectivity index (χ3v) is 26.1. The quantitative estimate of drug-likeness (QED) is 0.156. The van der Waals surface area contributed by atoms with E-state index in [9.17, 15) is 0 Å². The number of fused-ring (bicyclic) bond motifs is 22. The fraction of sp³-hybridized carbons (Fsp3) is 0.395. The number of ether oxygens (including phenoxy) is 4. The Morgan fingerprint density at radius 1 is 0.415 bits per heavy atom. The van der Waals surface area contributed by atoms with Crippen LogP contribution in [0.25, 0.3) is 56.2 Å². The molecule has 5 saturated carbocycles. The van der Waals surface area contributed by atoms with Gasteiger partial charge in [0.25, 0.3) is 0 Å². The Morgan fingerprint density at radius 3 is 1.41 bits per heavy atom. The van der Waals surface area contributed by atoms with Crippen LogP contribution in [-0.2, 0) is 31.5 Å². The van der Waals surface area contributed by atoms with Gasteiger partial charge < -0.3 is 28.7 Å². The highest BCUT2D eigenvalue weighted by Crippen LogP contribution is 2.70. The summed E-state index contributed by atoms with van der Waals surface area (Å²) in [6, 6.07) is 55.0. The van der Waals surface area contributed by atoms with E-state index in [0.29, 0.717) is 11.8 Å². The van der Waals surface area contributed by atoms with Crippen LogP contribution >= 0.6 is 0 Å². The summed E-state index contributed by atoms with van der Waals surface area (Å²) < 4.78 is 27.7. The van der Waals surface area contributed by atoms with Gasteiger partial charge in [0.2, 0.25) is 0 Å². The SMILES string of the molecule is C1=CC(c2ccc(N3CCOCC3)cc2)(c2ccc(-c3ccc(C4(c5ccc(N6CCOCC6)cc5)C=Cc5c6c(c7ccccc7c5O4)C4CCCCC4C64CC5CCCC[C@@H]5C4)cn3)nc2)Oc2c1c1c(c3ccccc23)-c2ccccc2C12CC1CCCC[C@H]1C2. The molecule has 2 spiro atoms. The Morgan fingerprint density at radius 2 is 0.872 bits per heavy atom. The van der Waals surface area contributed by atoms with Crippen molar-refractivity contribution in [1.82, 2.24) is 9.97 Å². The first-order chi connectivity index (χ1) is 46.5. The first kappa shape index (κ1) is 56.3. The number of pyridine rings is 2. The molecule has 10 atom stereocenters. The number of anilines is 2. The molecule has 7 fully saturated rings. The zero-order valence-corrected chi connectivity index (χ0v) is 54.2. The zero-order valence-electron chi connectivity index (χ0n) is 54.2. The van der Waals surface area contributed by atoms with Gasteiger partial charge in [0, 0.05) is 105 Å². The second-order valence-electron chi connectivity index (χ2n) is 30.3. The molecule has 7 aliphatic carbocycles. The molecule has 0 bridgehead atoms. The number of nitrogens with zero attached hydrogens (tertiary/aromatic N) is 4. The van der Waals surface area contributed by atoms with Crippen molar-refractivity contribution < 1.29 is 18.9 Å². The predicted molar refractivity (Wildman–Crippen MR) is 377 cm³/mol. The summed E-state index contributed by atoms with van der Waals surface area (Å²) in [5.74, 6) is 6.48. The zero-order chi connectivity index (χ0) is 61.7. The Hall–Kier alpha value is -8.04. The summed E-state index contributed by atoms with van der Waals surface area (Å²) in [6.45, 7) is 6.47. The predicted octanol–water partition coefficient (Wildman–Crippen LogP) is 18.8. The lowest BCUT2D eigenvalue weighted by atomic mass is 9.65. The number of aromatic nitrogens is 2. The van der Waals surface area contributed by atoms with Gasteiger partial charge in [0.1, 0.15) is 11.5 Å². The lowest BCUT2D eigenvalue weighted by Crippen LogP contribution is -2.37. The van der Waals surface area contributed by atoms with Crippen molar-refractivity contribution in [3.8, 4) is 34.0 Å². The van der Waals surface area contributed by atoms with Gasteiger partial charge in [0.15, 0.2) is 11.2 Å². The minimum absolute atomic E-state index is 0.0549. The van der Waals surface area contributed by atoms with Crippen molar-refractivity contribution in [3.05, 3.63) is 226 Å². The second-order valence-corrected chi connectivity index (χ2v) is 30.3. The first-order valence-corrected chi connectivity index (χ1v) is 36.3. The largest absolute Gasteiger partial charge is 0.472 e. The summed E-state index contributed by atoms with van der Waals surface area (Å²) in [7, 11) is 0. The van der Waals surface area contributed by atoms with Crippen molar-refractivity contribution in [3.63, 3.8) is 0 Å². The monoisotopic (exact) mass is 1240 g/mol. The molecule has 2 saturated heterocycles. The number of hydrogen-bond donors (Lipinski definition) is 0. The average Bonchev–Trinajstić information content (AvgIpc) is 1.55. The van der Waals surface area contributed by atoms with Crippen LogP contribution < -0.4 is 19.3 Å². The minimum Gasteiger partial charge on any atom is -0.472 e. The summed E-state index contributed by atoms with van der Waals surface area (Å²) >= 11 is 0. The molecule has 0 N–H and O–H groups in total. The molecule has 0 amide bonds. The second kappa shape index (κ2) is 21.7. The Bertz CT molecular complexity index is 4510. The van der Waals surface area contributed by atoms with Crippen LogP contribution in [0.1, 0.15) is 164 Å². The van der Waals surface area contributed by atoms with Crippen molar-refractivity contribution in [2.45, 2.75) is 131 Å². The van der Waals surface area contributed by atoms with Gasteiger partial charge in [-0.1, -0.05) is 186 Å². The fourth-order valence-corrected chi connectivity index (χ4v) is 22.0. The van der Waals surface area contributed by atoms with E-state index < -0.39 is 11.2 Å². The summed E-state index contributed by atoms with van der Waals surface area (Å²) in [4.78, 5) is 15.7. The molecule has 7 aromatic carbocycles. The van der Waals surface area contributed by atoms with Gasteiger partial charge in [-0.15, -0.1) is 0 Å². The summed E-state index contributed by atoms with van der Waals surface area (Å²) in [6.07, 6.45) is 35.3. The first-order valence-electron chi connectivity index (χ1n) is 36.3. The normalized spacial score (nSPS) is 30.1. The third kappa shape index (κ3) is 8.29. The summed E-state index contributed by atoms with van der Waals surface area (Å²) in [5, 5.41) is 5.09. The Labute approximate surface area is 553 Å². The lowest BCUT2D eigenvalue weighted by Gasteiger charge is -2.40. The van der Waals surface area contributed by atoms with Crippen LogP contribution in [0.2, 0.25) is 0 Å². The highest BCUT2D eigenvalue weighted by atomic mass is 16.5. The van der Waals surface area contributed by atoms with Crippen LogP contribution in [0.5, 0.6) is 11.5 Å². The fourth-order valence-electron chi connectivity index (χ4n) is 22.0. The molecule has 8 unspecified atom stereocenters. The molecule has 2 aromatic heterocycles. The van der Waals surface area contributed by atoms with Crippen LogP contribution in [-0.4, -0.2) is 62.6 Å². The maximum atomic E-state index is 8.05. The van der Waals surface area contributed by atoms with Crippen molar-refractivity contribution >= 4 is 45.1 Å². The molecule has 11 aliphatic rings. The van der Waals surface area contributed by atoms with E-state index in [1.807, 2.05) is 0 Å². The number of rotatable bonds is 7. The van der Waals surface area contributed by atoms with E-state index in [-0.39, 0.29) is 10.8 Å². The van der Waals surface area contributed by atoms with Gasteiger partial charge in [-0.3, -0.25) is 9.97 Å². The third-order valence-electron chi connectivity index (χ3n) is 26.1. The van der Waals surface area contributed by atoms with Crippen LogP contribution in [0.4, 0.5) is 11.4 Å². The van der Waals surface area contributed by atoms with Crippen molar-refractivity contribution in [2.24, 2.45) is 29.6 Å². The van der Waals surface area contributed by atoms with Crippen LogP contribution in [0, 0.1) is 29.6 Å². The number of morpholine rings is 2. The molecule has 0 radical (unpaired) electrons. The van der Waals surface area contributed by atoms with Gasteiger partial charge in [-0.05, 0) is 167 Å². The Kier molecular flexibility index (Phi) is 13.0. The van der Waals surface area contributed by atoms with E-state index in [4.69, 9.17) is 28.9 Å². The van der Waals surface area contributed by atoms with Crippen molar-refractivity contribution in [1.29, 1.82) is 0 Å². The maximum absolute atomic E-state index is 8.05. The van der Waals surface area contributed by atoms with E-state index in [2.05, 4.69) is 192 Å². The van der Waals surface area contributed by atoms with E-state index in [1.165, 1.54) is 164 Å². The van der Waals surface area contributed by atoms with Crippen LogP contribution in [0.15, 0.2) is 170 Å². The highest BCUT2D eigenvalue weighted by molar-refractivity contribution is 6.09. The maximum Gasteiger partial charge on any atom is 0.179 e. The van der Waals surface area contributed by atoms with Crippen LogP contribution in [0.3, 0.4) is 0 Å². The number of hydrogen-bond acceptors (Lipinski definition) is 8. The van der Waals surface area contributed by atoms with Gasteiger partial charge in [0.05, 0.1) is 37.8 Å². The molecule has 94 heavy (non-hydrogen) atoms. The molecule has 8 nitrogen and oxygen atoms in total. The highest BCUT2D eigenvalue weighted by Gasteiger charge is 2.61. The molecule has 20 rings (SSSR count). The average molecular weight is 1240 g/mol. The van der Waals surface area contributed by atoms with E-state index in [0.717, 1.165) is 127 Å².